The average molecular weight is 438 g/mol. The number of nitrogens with zero attached hydrogens (tertiary/aromatic N) is 5. The van der Waals surface area contributed by atoms with Crippen LogP contribution in [0.15, 0.2) is 33.2 Å². The number of likely N-dealkylation sites (tertiary alicyclic amines) is 1. The van der Waals surface area contributed by atoms with Crippen LogP contribution in [0.4, 0.5) is 0 Å². The monoisotopic (exact) mass is 437 g/mol. The van der Waals surface area contributed by atoms with E-state index in [0.29, 0.717) is 6.54 Å². The normalized spacial score (nSPS) is 20.6. The van der Waals surface area contributed by atoms with E-state index < -0.39 is 11.1 Å². The van der Waals surface area contributed by atoms with E-state index in [4.69, 9.17) is 5.10 Å². The molecule has 0 amide bonds. The van der Waals surface area contributed by atoms with Crippen LogP contribution in [0.2, 0.25) is 0 Å². The van der Waals surface area contributed by atoms with E-state index in [1.807, 2.05) is 12.3 Å². The third-order valence-corrected chi connectivity index (χ3v) is 7.34. The van der Waals surface area contributed by atoms with Gasteiger partial charge in [0.1, 0.15) is 5.82 Å². The van der Waals surface area contributed by atoms with Crippen molar-refractivity contribution in [1.29, 1.82) is 0 Å². The maximum atomic E-state index is 12.8. The number of aryl methyl sites for hydroxylation is 3. The van der Waals surface area contributed by atoms with Crippen molar-refractivity contribution in [2.75, 3.05) is 13.1 Å². The van der Waals surface area contributed by atoms with Crippen molar-refractivity contribution in [2.45, 2.75) is 58.7 Å². The highest BCUT2D eigenvalue weighted by molar-refractivity contribution is 7.09. The first-order chi connectivity index (χ1) is 14.8. The van der Waals surface area contributed by atoms with Gasteiger partial charge < -0.3 is 0 Å². The Bertz CT molecular complexity index is 1250. The number of hydrogen-bond donors (Lipinski definition) is 0. The molecule has 2 aliphatic heterocycles. The molecular formula is C23H27N5O2S. The average Bonchev–Trinajstić information content (AvgIpc) is 3.40. The Morgan fingerprint density at radius 3 is 2.45 bits per heavy atom. The predicted molar refractivity (Wildman–Crippen MR) is 121 cm³/mol. The molecule has 5 rings (SSSR count). The third kappa shape index (κ3) is 3.68. The summed E-state index contributed by atoms with van der Waals surface area (Å²) in [5, 5.41) is 7.59. The van der Waals surface area contributed by atoms with Gasteiger partial charge in [-0.3, -0.25) is 19.1 Å². The summed E-state index contributed by atoms with van der Waals surface area (Å²) >= 11 is 1.54. The molecule has 0 N–H and O–H groups in total. The highest BCUT2D eigenvalue weighted by Gasteiger charge is 2.47. The quantitative estimate of drug-likeness (QED) is 0.586. The number of rotatable bonds is 4. The van der Waals surface area contributed by atoms with E-state index in [9.17, 15) is 9.59 Å². The summed E-state index contributed by atoms with van der Waals surface area (Å²) in [6, 6.07) is 6.69. The number of fused-ring (bicyclic) bond motifs is 2. The Labute approximate surface area is 185 Å². The topological polar surface area (TPSA) is 73.0 Å². The molecular weight excluding hydrogens is 410 g/mol. The van der Waals surface area contributed by atoms with Crippen LogP contribution in [0.25, 0.3) is 0 Å². The van der Waals surface area contributed by atoms with E-state index >= 15 is 0 Å². The smallest absolute Gasteiger partial charge is 0.298 e. The zero-order valence-corrected chi connectivity index (χ0v) is 19.0. The van der Waals surface area contributed by atoms with Gasteiger partial charge in [0.2, 0.25) is 0 Å². The minimum atomic E-state index is -0.559. The van der Waals surface area contributed by atoms with E-state index in [1.165, 1.54) is 32.7 Å². The van der Waals surface area contributed by atoms with Gasteiger partial charge in [0.05, 0.1) is 17.2 Å². The summed E-state index contributed by atoms with van der Waals surface area (Å²) in [5.74, 6) is 0.770. The minimum Gasteiger partial charge on any atom is -0.298 e. The zero-order chi connectivity index (χ0) is 21.8. The van der Waals surface area contributed by atoms with Crippen molar-refractivity contribution < 1.29 is 0 Å². The molecule has 3 aromatic rings. The lowest BCUT2D eigenvalue weighted by Gasteiger charge is -2.24. The van der Waals surface area contributed by atoms with Gasteiger partial charge in [-0.15, -0.1) is 11.3 Å². The van der Waals surface area contributed by atoms with Crippen LogP contribution in [0.5, 0.6) is 0 Å². The van der Waals surface area contributed by atoms with Crippen molar-refractivity contribution in [1.82, 2.24) is 24.2 Å². The number of thiazole rings is 1. The standard InChI is InChI=1S/C23H27N5O2S/c1-15-8-16(2)10-18(9-15)11-26-6-4-23(14-26)5-7-27-20(29)21(30)28(25-22(23)27)12-19-13-31-17(3)24-19/h8-10,13H,4-7,11-12,14H2,1-3H3/t23-/m0/s1. The summed E-state index contributed by atoms with van der Waals surface area (Å²) in [4.78, 5) is 32.4. The van der Waals surface area contributed by atoms with Gasteiger partial charge in [0.15, 0.2) is 0 Å². The molecule has 1 aromatic carbocycles. The fourth-order valence-corrected chi connectivity index (χ4v) is 5.82. The van der Waals surface area contributed by atoms with Crippen LogP contribution in [-0.4, -0.2) is 37.3 Å². The van der Waals surface area contributed by atoms with Crippen LogP contribution in [0.3, 0.4) is 0 Å². The molecule has 1 spiro atoms. The highest BCUT2D eigenvalue weighted by Crippen LogP contribution is 2.40. The van der Waals surface area contributed by atoms with Crippen LogP contribution in [0.1, 0.15) is 46.1 Å². The number of benzene rings is 1. The highest BCUT2D eigenvalue weighted by atomic mass is 32.1. The Kier molecular flexibility index (Phi) is 4.94. The summed E-state index contributed by atoms with van der Waals surface area (Å²) in [7, 11) is 0. The first kappa shape index (κ1) is 20.3. The fourth-order valence-electron chi connectivity index (χ4n) is 5.21. The largest absolute Gasteiger partial charge is 0.332 e. The molecule has 8 heteroatoms. The van der Waals surface area contributed by atoms with Gasteiger partial charge in [-0.25, -0.2) is 9.67 Å². The molecule has 0 radical (unpaired) electrons. The minimum absolute atomic E-state index is 0.161. The summed E-state index contributed by atoms with van der Waals surface area (Å²) in [6.07, 6.45) is 1.82. The molecule has 7 nitrogen and oxygen atoms in total. The predicted octanol–water partition coefficient (Wildman–Crippen LogP) is 2.38. The van der Waals surface area contributed by atoms with E-state index in [2.05, 4.69) is 41.9 Å². The molecule has 0 aliphatic carbocycles. The van der Waals surface area contributed by atoms with Crippen molar-refractivity contribution in [2.24, 2.45) is 0 Å². The summed E-state index contributed by atoms with van der Waals surface area (Å²) in [6.45, 7) is 9.74. The van der Waals surface area contributed by atoms with Gasteiger partial charge >= 0.3 is 11.1 Å². The lowest BCUT2D eigenvalue weighted by molar-refractivity contribution is 0.298. The molecule has 0 bridgehead atoms. The molecule has 162 valence electrons. The van der Waals surface area contributed by atoms with Crippen molar-refractivity contribution in [3.05, 3.63) is 77.5 Å². The summed E-state index contributed by atoms with van der Waals surface area (Å²) < 4.78 is 2.94. The SMILES string of the molecule is Cc1cc(C)cc(CN2CC[C@]3(CCn4c3nn(Cc3csc(C)n3)c(=O)c4=O)C2)c1. The first-order valence-corrected chi connectivity index (χ1v) is 11.6. The van der Waals surface area contributed by atoms with Gasteiger partial charge in [-0.1, -0.05) is 29.3 Å². The van der Waals surface area contributed by atoms with E-state index in [0.717, 1.165) is 49.0 Å². The second-order valence-corrected chi connectivity index (χ2v) is 10.2. The molecule has 1 atom stereocenters. The van der Waals surface area contributed by atoms with Crippen molar-refractivity contribution in [3.63, 3.8) is 0 Å². The molecule has 1 saturated heterocycles. The fraction of sp³-hybridized carbons (Fsp3) is 0.478. The molecule has 2 aromatic heterocycles. The molecule has 31 heavy (non-hydrogen) atoms. The lowest BCUT2D eigenvalue weighted by atomic mass is 9.85. The molecule has 4 heterocycles. The molecule has 0 unspecified atom stereocenters. The number of hydrogen-bond acceptors (Lipinski definition) is 6. The molecule has 2 aliphatic rings. The Hall–Kier alpha value is -2.58. The van der Waals surface area contributed by atoms with Crippen LogP contribution < -0.4 is 11.1 Å². The van der Waals surface area contributed by atoms with Crippen molar-refractivity contribution >= 4 is 11.3 Å². The van der Waals surface area contributed by atoms with Gasteiger partial charge in [-0.2, -0.15) is 5.10 Å². The maximum Gasteiger partial charge on any atom is 0.332 e. The van der Waals surface area contributed by atoms with Gasteiger partial charge in [0, 0.05) is 30.4 Å². The van der Waals surface area contributed by atoms with Gasteiger partial charge in [-0.05, 0) is 45.7 Å². The Morgan fingerprint density at radius 2 is 1.74 bits per heavy atom. The zero-order valence-electron chi connectivity index (χ0n) is 18.2. The van der Waals surface area contributed by atoms with E-state index in [-0.39, 0.29) is 12.0 Å². The van der Waals surface area contributed by atoms with Crippen LogP contribution >= 0.6 is 11.3 Å². The van der Waals surface area contributed by atoms with Crippen LogP contribution in [-0.2, 0) is 25.0 Å². The molecule has 0 saturated carbocycles. The summed E-state index contributed by atoms with van der Waals surface area (Å²) in [5.41, 5.74) is 3.48. The second-order valence-electron chi connectivity index (χ2n) is 9.09. The van der Waals surface area contributed by atoms with Crippen LogP contribution in [0, 0.1) is 20.8 Å². The Morgan fingerprint density at radius 1 is 1.00 bits per heavy atom. The third-order valence-electron chi connectivity index (χ3n) is 6.52. The second kappa shape index (κ2) is 7.53. The maximum absolute atomic E-state index is 12.8. The Balaban J connectivity index is 1.44. The lowest BCUT2D eigenvalue weighted by Crippen LogP contribution is -2.45. The van der Waals surface area contributed by atoms with Gasteiger partial charge in [0.25, 0.3) is 0 Å². The first-order valence-electron chi connectivity index (χ1n) is 10.8. The number of aromatic nitrogens is 4. The van der Waals surface area contributed by atoms with Crippen molar-refractivity contribution in [3.8, 4) is 0 Å². The molecule has 1 fully saturated rings. The van der Waals surface area contributed by atoms with E-state index in [1.54, 1.807) is 4.57 Å².